The number of nitrogens with zero attached hydrogens (tertiary/aromatic N) is 1. The van der Waals surface area contributed by atoms with E-state index in [9.17, 15) is 13.2 Å². The fraction of sp³-hybridized carbons (Fsp3) is 0.778. The zero-order valence-corrected chi connectivity index (χ0v) is 8.74. The lowest BCUT2D eigenvalue weighted by Gasteiger charge is -2.39. The first-order valence-electron chi connectivity index (χ1n) is 4.48. The topological polar surface area (TPSA) is 15.3 Å². The van der Waals surface area contributed by atoms with Crippen LogP contribution in [-0.4, -0.2) is 23.8 Å². The van der Waals surface area contributed by atoms with Gasteiger partial charge in [-0.25, -0.2) is 0 Å². The van der Waals surface area contributed by atoms with Gasteiger partial charge in [0.2, 0.25) is 0 Å². The molecule has 82 valence electrons. The van der Waals surface area contributed by atoms with Gasteiger partial charge in [0.25, 0.3) is 0 Å². The molecule has 0 amide bonds. The Kier molecular flexibility index (Phi) is 2.46. The smallest absolute Gasteiger partial charge is 0.367 e. The summed E-state index contributed by atoms with van der Waals surface area (Å²) in [6.45, 7) is 5.53. The van der Waals surface area contributed by atoms with E-state index in [1.807, 2.05) is 13.8 Å². The number of alkyl halides is 3. The van der Waals surface area contributed by atoms with Crippen molar-refractivity contribution in [1.29, 1.82) is 0 Å². The van der Waals surface area contributed by atoms with Crippen LogP contribution in [0.5, 0.6) is 0 Å². The maximum Gasteiger partial charge on any atom is 0.432 e. The summed E-state index contributed by atoms with van der Waals surface area (Å²) in [5, 5.41) is 2.78. The molecule has 0 aliphatic carbocycles. The molecule has 0 aromatic rings. The lowest BCUT2D eigenvalue weighted by Crippen LogP contribution is -2.53. The van der Waals surface area contributed by atoms with Gasteiger partial charge in [-0.1, -0.05) is 13.8 Å². The first-order valence-corrected chi connectivity index (χ1v) is 4.48. The number of halogens is 3. The highest BCUT2D eigenvalue weighted by molar-refractivity contribution is 5.17. The molecule has 0 aromatic carbocycles. The third-order valence-corrected chi connectivity index (χ3v) is 2.97. The minimum atomic E-state index is -4.28. The van der Waals surface area contributed by atoms with Crippen LogP contribution in [0.3, 0.4) is 0 Å². The number of rotatable bonds is 1. The Bertz CT molecular complexity index is 257. The van der Waals surface area contributed by atoms with Crippen molar-refractivity contribution in [3.05, 3.63) is 11.9 Å². The Morgan fingerprint density at radius 1 is 1.43 bits per heavy atom. The molecular weight excluding hydrogens is 193 g/mol. The summed E-state index contributed by atoms with van der Waals surface area (Å²) in [7, 11) is 1.46. The van der Waals surface area contributed by atoms with E-state index in [2.05, 4.69) is 5.32 Å². The van der Waals surface area contributed by atoms with Gasteiger partial charge >= 0.3 is 6.18 Å². The van der Waals surface area contributed by atoms with Crippen molar-refractivity contribution >= 4 is 0 Å². The molecule has 1 heterocycles. The molecule has 0 saturated carbocycles. The van der Waals surface area contributed by atoms with Gasteiger partial charge in [-0.15, -0.1) is 0 Å². The van der Waals surface area contributed by atoms with Crippen molar-refractivity contribution in [3.8, 4) is 0 Å². The van der Waals surface area contributed by atoms with E-state index in [0.717, 1.165) is 6.20 Å². The Morgan fingerprint density at radius 2 is 1.93 bits per heavy atom. The lowest BCUT2D eigenvalue weighted by molar-refractivity contribution is -0.116. The average molecular weight is 208 g/mol. The number of allylic oxidation sites excluding steroid dienone is 1. The van der Waals surface area contributed by atoms with Crippen LogP contribution < -0.4 is 5.32 Å². The third-order valence-electron chi connectivity index (χ3n) is 2.97. The molecule has 0 radical (unpaired) electrons. The van der Waals surface area contributed by atoms with Crippen LogP contribution in [0.1, 0.15) is 20.8 Å². The summed E-state index contributed by atoms with van der Waals surface area (Å²) in [6, 6.07) is 0. The van der Waals surface area contributed by atoms with Gasteiger partial charge < -0.3 is 10.2 Å². The van der Waals surface area contributed by atoms with Crippen molar-refractivity contribution in [3.63, 3.8) is 0 Å². The second-order valence-electron chi connectivity index (χ2n) is 4.03. The third kappa shape index (κ3) is 1.55. The molecule has 1 rings (SSSR count). The summed E-state index contributed by atoms with van der Waals surface area (Å²) in [5.74, 6) is 0.0867. The lowest BCUT2D eigenvalue weighted by atomic mass is 9.97. The normalized spacial score (nSPS) is 28.0. The van der Waals surface area contributed by atoms with Crippen LogP contribution in [0.4, 0.5) is 13.2 Å². The number of hydrogen-bond acceptors (Lipinski definition) is 2. The fourth-order valence-corrected chi connectivity index (χ4v) is 1.48. The van der Waals surface area contributed by atoms with Crippen LogP contribution in [0.2, 0.25) is 0 Å². The predicted octanol–water partition coefficient (Wildman–Crippen LogP) is 2.30. The molecular formula is C9H15F3N2. The second-order valence-corrected chi connectivity index (χ2v) is 4.03. The van der Waals surface area contributed by atoms with Crippen molar-refractivity contribution in [1.82, 2.24) is 10.2 Å². The molecule has 1 aliphatic rings. The maximum absolute atomic E-state index is 12.5. The second kappa shape index (κ2) is 3.07. The number of hydrogen-bond donors (Lipinski definition) is 1. The van der Waals surface area contributed by atoms with Gasteiger partial charge in [-0.05, 0) is 12.8 Å². The quantitative estimate of drug-likeness (QED) is 0.711. The van der Waals surface area contributed by atoms with Gasteiger partial charge in [0.05, 0.1) is 0 Å². The molecule has 0 saturated heterocycles. The molecule has 0 fully saturated rings. The molecule has 5 heteroatoms. The van der Waals surface area contributed by atoms with Gasteiger partial charge in [-0.2, -0.15) is 13.2 Å². The van der Waals surface area contributed by atoms with E-state index in [1.54, 1.807) is 6.92 Å². The molecule has 0 aromatic heterocycles. The van der Waals surface area contributed by atoms with E-state index in [1.165, 1.54) is 11.9 Å². The van der Waals surface area contributed by atoms with Crippen LogP contribution in [-0.2, 0) is 0 Å². The first kappa shape index (κ1) is 11.2. The van der Waals surface area contributed by atoms with E-state index in [0.29, 0.717) is 0 Å². The summed E-state index contributed by atoms with van der Waals surface area (Å²) in [4.78, 5) is 1.25. The average Bonchev–Trinajstić information content (AvgIpc) is 2.28. The molecule has 2 nitrogen and oxygen atoms in total. The summed E-state index contributed by atoms with van der Waals surface area (Å²) < 4.78 is 37.4. The Morgan fingerprint density at radius 3 is 2.14 bits per heavy atom. The zero-order chi connectivity index (χ0) is 11.1. The van der Waals surface area contributed by atoms with E-state index in [4.69, 9.17) is 0 Å². The van der Waals surface area contributed by atoms with Crippen molar-refractivity contribution in [2.45, 2.75) is 32.6 Å². The molecule has 0 bridgehead atoms. The summed E-state index contributed by atoms with van der Waals surface area (Å²) in [5.41, 5.74) is -1.26. The van der Waals surface area contributed by atoms with E-state index >= 15 is 0 Å². The zero-order valence-electron chi connectivity index (χ0n) is 8.74. The molecule has 1 aliphatic heterocycles. The maximum atomic E-state index is 12.5. The Balaban J connectivity index is 2.91. The Hall–Kier alpha value is -0.870. The Labute approximate surface area is 81.8 Å². The predicted molar refractivity (Wildman–Crippen MR) is 48.3 cm³/mol. The van der Waals surface area contributed by atoms with Crippen molar-refractivity contribution in [2.24, 2.45) is 5.92 Å². The van der Waals surface area contributed by atoms with E-state index < -0.39 is 17.5 Å². The van der Waals surface area contributed by atoms with Crippen molar-refractivity contribution < 1.29 is 13.2 Å². The van der Waals surface area contributed by atoms with Crippen molar-refractivity contribution in [2.75, 3.05) is 7.05 Å². The fourth-order valence-electron chi connectivity index (χ4n) is 1.48. The monoisotopic (exact) mass is 208 g/mol. The van der Waals surface area contributed by atoms with E-state index in [-0.39, 0.29) is 5.92 Å². The highest BCUT2D eigenvalue weighted by atomic mass is 19.4. The number of nitrogens with one attached hydrogen (secondary N) is 1. The molecule has 0 spiro atoms. The summed E-state index contributed by atoms with van der Waals surface area (Å²) >= 11 is 0. The summed E-state index contributed by atoms with van der Waals surface area (Å²) in [6.07, 6.45) is -3.24. The van der Waals surface area contributed by atoms with Crippen LogP contribution in [0.15, 0.2) is 11.9 Å². The molecule has 14 heavy (non-hydrogen) atoms. The van der Waals surface area contributed by atoms with Gasteiger partial charge in [0.15, 0.2) is 0 Å². The molecule has 1 atom stereocenters. The standard InChI is InChI=1S/C9H15F3N2/c1-6(2)8(3)13-5-7(14(8)4)9(10,11)12/h5-6,13H,1-4H3. The van der Waals surface area contributed by atoms with Gasteiger partial charge in [0, 0.05) is 13.2 Å². The minimum absolute atomic E-state index is 0.0867. The van der Waals surface area contributed by atoms with Crippen LogP contribution in [0, 0.1) is 5.92 Å². The van der Waals surface area contributed by atoms with Gasteiger partial charge in [0.1, 0.15) is 11.4 Å². The molecule has 1 unspecified atom stereocenters. The van der Waals surface area contributed by atoms with Crippen LogP contribution >= 0.6 is 0 Å². The SMILES string of the molecule is CC(C)C1(C)NC=C(C(F)(F)F)N1C. The van der Waals surface area contributed by atoms with Gasteiger partial charge in [-0.3, -0.25) is 0 Å². The highest BCUT2D eigenvalue weighted by Gasteiger charge is 2.47. The minimum Gasteiger partial charge on any atom is -0.367 e. The first-order chi connectivity index (χ1) is 6.19. The van der Waals surface area contributed by atoms with Crippen LogP contribution in [0.25, 0.3) is 0 Å². The molecule has 1 N–H and O–H groups in total. The largest absolute Gasteiger partial charge is 0.432 e. The highest BCUT2D eigenvalue weighted by Crippen LogP contribution is 2.37.